The fourth-order valence-corrected chi connectivity index (χ4v) is 7.64. The summed E-state index contributed by atoms with van der Waals surface area (Å²) in [5, 5.41) is 1.45. The van der Waals surface area contributed by atoms with Crippen molar-refractivity contribution >= 4 is 41.9 Å². The van der Waals surface area contributed by atoms with Crippen molar-refractivity contribution < 1.29 is 16.8 Å². The second-order valence-corrected chi connectivity index (χ2v) is 13.2. The number of rotatable bonds is 8. The zero-order chi connectivity index (χ0) is 27.2. The molecule has 0 aliphatic heterocycles. The molecule has 3 aromatic carbocycles. The monoisotopic (exact) mass is 549 g/mol. The molecule has 0 saturated carbocycles. The van der Waals surface area contributed by atoms with E-state index in [0.29, 0.717) is 28.7 Å². The predicted octanol–water partition coefficient (Wildman–Crippen LogP) is 5.53. The minimum atomic E-state index is -3.96. The van der Waals surface area contributed by atoms with Crippen molar-refractivity contribution in [3.8, 4) is 0 Å². The van der Waals surface area contributed by atoms with Crippen molar-refractivity contribution in [1.29, 1.82) is 0 Å². The van der Waals surface area contributed by atoms with Gasteiger partial charge in [0.2, 0.25) is 0 Å². The Morgan fingerprint density at radius 2 is 1.21 bits per heavy atom. The molecule has 9 heteroatoms. The first-order valence-corrected chi connectivity index (χ1v) is 15.5. The number of benzene rings is 3. The van der Waals surface area contributed by atoms with E-state index < -0.39 is 20.0 Å². The highest BCUT2D eigenvalue weighted by atomic mass is 32.2. The Hall–Kier alpha value is -3.40. The van der Waals surface area contributed by atoms with Crippen molar-refractivity contribution in [2.45, 2.75) is 44.0 Å². The van der Waals surface area contributed by atoms with Gasteiger partial charge in [0, 0.05) is 29.2 Å². The van der Waals surface area contributed by atoms with Gasteiger partial charge in [0.15, 0.2) is 0 Å². The number of hydrogen-bond acceptors (Lipinski definition) is 5. The first kappa shape index (κ1) is 26.2. The second-order valence-electron chi connectivity index (χ2n) is 9.58. The Bertz CT molecular complexity index is 1850. The summed E-state index contributed by atoms with van der Waals surface area (Å²) in [6.07, 6.45) is 1.52. The molecule has 198 valence electrons. The maximum Gasteiger partial charge on any atom is 0.268 e. The number of fused-ring (bicyclic) bond motifs is 2. The Morgan fingerprint density at radius 3 is 1.76 bits per heavy atom. The predicted molar refractivity (Wildman–Crippen MR) is 152 cm³/mol. The van der Waals surface area contributed by atoms with Gasteiger partial charge < -0.3 is 0 Å². The second kappa shape index (κ2) is 9.72. The lowest BCUT2D eigenvalue weighted by molar-refractivity contribution is 0.292. The highest BCUT2D eigenvalue weighted by Crippen LogP contribution is 2.32. The molecule has 0 spiro atoms. The molecule has 5 rings (SSSR count). The van der Waals surface area contributed by atoms with E-state index in [-0.39, 0.29) is 9.79 Å². The standard InChI is InChI=1S/C29H31N3O4S2/c1-5-30(6-2)20-25-18-24-17-23-15-16-31(37(33,34)26-11-7-21(3)8-12-26)28(23)19-29(24)32(25)38(35,36)27-13-9-22(4)10-14-27/h7-19H,5-6,20H2,1-4H3. The average Bonchev–Trinajstić information content (AvgIpc) is 3.47. The number of aromatic nitrogens is 2. The van der Waals surface area contributed by atoms with Gasteiger partial charge >= 0.3 is 0 Å². The molecule has 0 aliphatic carbocycles. The molecule has 0 amide bonds. The van der Waals surface area contributed by atoms with E-state index in [2.05, 4.69) is 4.90 Å². The maximum absolute atomic E-state index is 14.0. The molecule has 0 saturated heterocycles. The van der Waals surface area contributed by atoms with Crippen LogP contribution in [0.5, 0.6) is 0 Å². The van der Waals surface area contributed by atoms with Gasteiger partial charge in [-0.1, -0.05) is 49.2 Å². The molecule has 38 heavy (non-hydrogen) atoms. The molecular weight excluding hydrogens is 518 g/mol. The number of aryl methyl sites for hydroxylation is 2. The normalized spacial score (nSPS) is 12.7. The highest BCUT2D eigenvalue weighted by molar-refractivity contribution is 7.90. The summed E-state index contributed by atoms with van der Waals surface area (Å²) in [4.78, 5) is 2.51. The minimum Gasteiger partial charge on any atom is -0.298 e. The van der Waals surface area contributed by atoms with Crippen LogP contribution in [0, 0.1) is 13.8 Å². The van der Waals surface area contributed by atoms with Crippen LogP contribution in [-0.4, -0.2) is 42.8 Å². The highest BCUT2D eigenvalue weighted by Gasteiger charge is 2.26. The molecule has 0 N–H and O–H groups in total. The van der Waals surface area contributed by atoms with Crippen LogP contribution in [-0.2, 0) is 26.6 Å². The van der Waals surface area contributed by atoms with E-state index in [1.165, 1.54) is 14.1 Å². The van der Waals surface area contributed by atoms with Gasteiger partial charge in [-0.15, -0.1) is 0 Å². The smallest absolute Gasteiger partial charge is 0.268 e. The third-order valence-corrected chi connectivity index (χ3v) is 10.5. The SMILES string of the molecule is CCN(CC)Cc1cc2cc3ccn(S(=O)(=O)c4ccc(C)cc4)c3cc2n1S(=O)(=O)c1ccc(C)cc1. The van der Waals surface area contributed by atoms with Crippen molar-refractivity contribution in [1.82, 2.24) is 12.8 Å². The van der Waals surface area contributed by atoms with E-state index in [1.54, 1.807) is 60.7 Å². The van der Waals surface area contributed by atoms with Crippen molar-refractivity contribution in [3.05, 3.63) is 95.8 Å². The van der Waals surface area contributed by atoms with Crippen LogP contribution in [0.15, 0.2) is 88.8 Å². The summed E-state index contributed by atoms with van der Waals surface area (Å²) in [7, 11) is -7.84. The molecule has 0 radical (unpaired) electrons. The van der Waals surface area contributed by atoms with Crippen molar-refractivity contribution in [3.63, 3.8) is 0 Å². The summed E-state index contributed by atoms with van der Waals surface area (Å²) >= 11 is 0. The van der Waals surface area contributed by atoms with E-state index in [4.69, 9.17) is 0 Å². The van der Waals surface area contributed by atoms with Crippen LogP contribution >= 0.6 is 0 Å². The van der Waals surface area contributed by atoms with Gasteiger partial charge in [-0.25, -0.2) is 24.8 Å². The lowest BCUT2D eigenvalue weighted by Gasteiger charge is -2.20. The van der Waals surface area contributed by atoms with Crippen molar-refractivity contribution in [2.75, 3.05) is 13.1 Å². The molecule has 2 aromatic heterocycles. The average molecular weight is 550 g/mol. The third-order valence-electron chi connectivity index (χ3n) is 7.02. The quantitative estimate of drug-likeness (QED) is 0.254. The summed E-state index contributed by atoms with van der Waals surface area (Å²) in [6.45, 7) is 9.87. The Kier molecular flexibility index (Phi) is 6.71. The molecule has 5 aromatic rings. The largest absolute Gasteiger partial charge is 0.298 e. The fraction of sp³-hybridized carbons (Fsp3) is 0.241. The first-order chi connectivity index (χ1) is 18.1. The topological polar surface area (TPSA) is 81.4 Å². The van der Waals surface area contributed by atoms with Crippen LogP contribution in [0.1, 0.15) is 30.7 Å². The van der Waals surface area contributed by atoms with Crippen LogP contribution < -0.4 is 0 Å². The number of nitrogens with zero attached hydrogens (tertiary/aromatic N) is 3. The van der Waals surface area contributed by atoms with E-state index in [0.717, 1.165) is 29.6 Å². The molecule has 0 atom stereocenters. The van der Waals surface area contributed by atoms with Gasteiger partial charge in [0.1, 0.15) is 0 Å². The van der Waals surface area contributed by atoms with Gasteiger partial charge in [-0.3, -0.25) is 4.90 Å². The Labute approximate surface area is 224 Å². The minimum absolute atomic E-state index is 0.172. The van der Waals surface area contributed by atoms with Crippen LogP contribution in [0.25, 0.3) is 21.8 Å². The number of hydrogen-bond donors (Lipinski definition) is 0. The molecule has 7 nitrogen and oxygen atoms in total. The van der Waals surface area contributed by atoms with Gasteiger partial charge in [0.05, 0.1) is 20.8 Å². The van der Waals surface area contributed by atoms with E-state index in [9.17, 15) is 16.8 Å². The van der Waals surface area contributed by atoms with Gasteiger partial charge in [0.25, 0.3) is 20.0 Å². The fourth-order valence-electron chi connectivity index (χ4n) is 4.77. The maximum atomic E-state index is 14.0. The summed E-state index contributed by atoms with van der Waals surface area (Å²) in [5.74, 6) is 0. The summed E-state index contributed by atoms with van der Waals surface area (Å²) in [6, 6.07) is 20.6. The zero-order valence-corrected chi connectivity index (χ0v) is 23.6. The van der Waals surface area contributed by atoms with Crippen molar-refractivity contribution in [2.24, 2.45) is 0 Å². The molecular formula is C29H31N3O4S2. The molecule has 0 aliphatic rings. The van der Waals surface area contributed by atoms with Crippen LogP contribution in [0.4, 0.5) is 0 Å². The lowest BCUT2D eigenvalue weighted by atomic mass is 10.2. The van der Waals surface area contributed by atoms with Crippen LogP contribution in [0.3, 0.4) is 0 Å². The van der Waals surface area contributed by atoms with Gasteiger partial charge in [-0.2, -0.15) is 0 Å². The molecule has 0 bridgehead atoms. The molecule has 0 unspecified atom stereocenters. The van der Waals surface area contributed by atoms with E-state index >= 15 is 0 Å². The Morgan fingerprint density at radius 1 is 0.658 bits per heavy atom. The zero-order valence-electron chi connectivity index (χ0n) is 21.9. The lowest BCUT2D eigenvalue weighted by Crippen LogP contribution is -2.25. The van der Waals surface area contributed by atoms with Gasteiger partial charge in [-0.05, 0) is 75.5 Å². The molecule has 2 heterocycles. The van der Waals surface area contributed by atoms with E-state index in [1.807, 2.05) is 39.8 Å². The first-order valence-electron chi connectivity index (χ1n) is 12.6. The van der Waals surface area contributed by atoms with Crippen LogP contribution in [0.2, 0.25) is 0 Å². The third kappa shape index (κ3) is 4.44. The Balaban J connectivity index is 1.77. The molecule has 0 fully saturated rings. The summed E-state index contributed by atoms with van der Waals surface area (Å²) < 4.78 is 57.8. The summed E-state index contributed by atoms with van der Waals surface area (Å²) in [5.41, 5.74) is 3.42.